The average Bonchev–Trinajstić information content (AvgIpc) is 2.64. The molecule has 1 N–H and O–H groups in total. The second-order valence-corrected chi connectivity index (χ2v) is 6.81. The lowest BCUT2D eigenvalue weighted by Gasteiger charge is -2.33. The molecule has 6 heteroatoms. The Morgan fingerprint density at radius 2 is 2.04 bits per heavy atom. The van der Waals surface area contributed by atoms with Crippen molar-refractivity contribution in [2.45, 2.75) is 39.3 Å². The van der Waals surface area contributed by atoms with Crippen LogP contribution in [0.25, 0.3) is 0 Å². The summed E-state index contributed by atoms with van der Waals surface area (Å²) in [7, 11) is 0. The molecular weight excluding hydrogens is 347 g/mol. The highest BCUT2D eigenvalue weighted by Crippen LogP contribution is 2.34. The van der Waals surface area contributed by atoms with Gasteiger partial charge in [0, 0.05) is 19.4 Å². The standard InChI is InChI=1S/C21H23FN2O3/c1-14-6-7-19-18(10-14)24(13-15(2)27-19)21(26)9-8-20(25)23-12-16-4-3-5-17(22)11-16/h3-7,10-11,15H,8-9,12-13H2,1-2H3,(H,23,25)/t15-/m1/s1. The fourth-order valence-corrected chi connectivity index (χ4v) is 3.08. The number of ether oxygens (including phenoxy) is 1. The van der Waals surface area contributed by atoms with Crippen molar-refractivity contribution in [3.63, 3.8) is 0 Å². The van der Waals surface area contributed by atoms with Crippen LogP contribution in [0, 0.1) is 12.7 Å². The van der Waals surface area contributed by atoms with Crippen LogP contribution in [0.2, 0.25) is 0 Å². The first-order valence-electron chi connectivity index (χ1n) is 9.01. The van der Waals surface area contributed by atoms with Gasteiger partial charge < -0.3 is 15.0 Å². The number of fused-ring (bicyclic) bond motifs is 1. The fraction of sp³-hybridized carbons (Fsp3) is 0.333. The summed E-state index contributed by atoms with van der Waals surface area (Å²) in [5.74, 6) is -0.00753. The first-order chi connectivity index (χ1) is 12.9. The van der Waals surface area contributed by atoms with E-state index in [2.05, 4.69) is 5.32 Å². The van der Waals surface area contributed by atoms with Gasteiger partial charge in [0.25, 0.3) is 0 Å². The molecule has 1 heterocycles. The van der Waals surface area contributed by atoms with Crippen LogP contribution in [0.4, 0.5) is 10.1 Å². The molecule has 0 saturated heterocycles. The maximum absolute atomic E-state index is 13.2. The van der Waals surface area contributed by atoms with E-state index in [-0.39, 0.29) is 43.1 Å². The number of carbonyl (C=O) groups is 2. The van der Waals surface area contributed by atoms with Crippen molar-refractivity contribution >= 4 is 17.5 Å². The predicted molar refractivity (Wildman–Crippen MR) is 101 cm³/mol. The third-order valence-electron chi connectivity index (χ3n) is 4.42. The van der Waals surface area contributed by atoms with Gasteiger partial charge >= 0.3 is 0 Å². The number of halogens is 1. The van der Waals surface area contributed by atoms with Crippen molar-refractivity contribution in [3.8, 4) is 5.75 Å². The largest absolute Gasteiger partial charge is 0.487 e. The molecule has 0 bridgehead atoms. The van der Waals surface area contributed by atoms with Gasteiger partial charge in [-0.3, -0.25) is 9.59 Å². The summed E-state index contributed by atoms with van der Waals surface area (Å²) >= 11 is 0. The van der Waals surface area contributed by atoms with Gasteiger partial charge in [-0.2, -0.15) is 0 Å². The average molecular weight is 370 g/mol. The number of aryl methyl sites for hydroxylation is 1. The van der Waals surface area contributed by atoms with Crippen molar-refractivity contribution in [2.75, 3.05) is 11.4 Å². The molecule has 1 atom stereocenters. The van der Waals surface area contributed by atoms with Crippen LogP contribution in [0.3, 0.4) is 0 Å². The van der Waals surface area contributed by atoms with Gasteiger partial charge in [-0.25, -0.2) is 4.39 Å². The van der Waals surface area contributed by atoms with Crippen molar-refractivity contribution in [1.82, 2.24) is 5.32 Å². The van der Waals surface area contributed by atoms with Gasteiger partial charge in [0.05, 0.1) is 12.2 Å². The lowest BCUT2D eigenvalue weighted by Crippen LogP contribution is -2.42. The van der Waals surface area contributed by atoms with Crippen LogP contribution in [0.1, 0.15) is 30.9 Å². The minimum absolute atomic E-state index is 0.0844. The molecule has 0 spiro atoms. The molecule has 0 radical (unpaired) electrons. The molecular formula is C21H23FN2O3. The summed E-state index contributed by atoms with van der Waals surface area (Å²) in [5, 5.41) is 2.72. The van der Waals surface area contributed by atoms with Gasteiger partial charge in [-0.15, -0.1) is 0 Å². The Balaban J connectivity index is 1.56. The molecule has 0 unspecified atom stereocenters. The molecule has 5 nitrogen and oxygen atoms in total. The van der Waals surface area contributed by atoms with Gasteiger partial charge in [0.15, 0.2) is 0 Å². The first-order valence-corrected chi connectivity index (χ1v) is 9.01. The molecule has 1 aliphatic rings. The molecule has 27 heavy (non-hydrogen) atoms. The zero-order valence-corrected chi connectivity index (χ0v) is 15.5. The van der Waals surface area contributed by atoms with Gasteiger partial charge in [0.1, 0.15) is 17.7 Å². The second kappa shape index (κ2) is 8.20. The minimum atomic E-state index is -0.340. The number of nitrogens with zero attached hydrogens (tertiary/aromatic N) is 1. The molecule has 2 aromatic rings. The number of benzene rings is 2. The molecule has 142 valence electrons. The first kappa shape index (κ1) is 18.9. The molecule has 1 aliphatic heterocycles. The normalized spacial score (nSPS) is 15.7. The zero-order chi connectivity index (χ0) is 19.4. The Kier molecular flexibility index (Phi) is 5.74. The van der Waals surface area contributed by atoms with Gasteiger partial charge in [0.2, 0.25) is 11.8 Å². The summed E-state index contributed by atoms with van der Waals surface area (Å²) in [6.45, 7) is 4.57. The number of nitrogens with one attached hydrogen (secondary N) is 1. The number of hydrogen-bond acceptors (Lipinski definition) is 3. The van der Waals surface area contributed by atoms with E-state index in [0.717, 1.165) is 11.3 Å². The summed E-state index contributed by atoms with van der Waals surface area (Å²) in [4.78, 5) is 26.4. The molecule has 3 rings (SSSR count). The quantitative estimate of drug-likeness (QED) is 0.878. The summed E-state index contributed by atoms with van der Waals surface area (Å²) in [6.07, 6.45) is 0.0850. The van der Waals surface area contributed by atoms with Crippen molar-refractivity contribution in [2.24, 2.45) is 0 Å². The lowest BCUT2D eigenvalue weighted by molar-refractivity contribution is -0.125. The third-order valence-corrected chi connectivity index (χ3v) is 4.42. The Hall–Kier alpha value is -2.89. The van der Waals surface area contributed by atoms with E-state index in [1.807, 2.05) is 32.0 Å². The predicted octanol–water partition coefficient (Wildman–Crippen LogP) is 3.34. The molecule has 0 saturated carbocycles. The third kappa shape index (κ3) is 4.84. The maximum Gasteiger partial charge on any atom is 0.227 e. The Morgan fingerprint density at radius 1 is 1.22 bits per heavy atom. The minimum Gasteiger partial charge on any atom is -0.487 e. The topological polar surface area (TPSA) is 58.6 Å². The fourth-order valence-electron chi connectivity index (χ4n) is 3.08. The van der Waals surface area contributed by atoms with Crippen molar-refractivity contribution < 1.29 is 18.7 Å². The van der Waals surface area contributed by atoms with E-state index in [1.165, 1.54) is 12.1 Å². The van der Waals surface area contributed by atoms with Crippen molar-refractivity contribution in [3.05, 3.63) is 59.4 Å². The van der Waals surface area contributed by atoms with Crippen molar-refractivity contribution in [1.29, 1.82) is 0 Å². The van der Waals surface area contributed by atoms with E-state index in [4.69, 9.17) is 4.74 Å². The van der Waals surface area contributed by atoms with E-state index < -0.39 is 0 Å². The number of carbonyl (C=O) groups excluding carboxylic acids is 2. The highest BCUT2D eigenvalue weighted by atomic mass is 19.1. The highest BCUT2D eigenvalue weighted by Gasteiger charge is 2.27. The molecule has 0 aromatic heterocycles. The summed E-state index contributed by atoms with van der Waals surface area (Å²) < 4.78 is 18.9. The zero-order valence-electron chi connectivity index (χ0n) is 15.5. The van der Waals surface area contributed by atoms with Crippen LogP contribution < -0.4 is 15.0 Å². The monoisotopic (exact) mass is 370 g/mol. The van der Waals surface area contributed by atoms with E-state index in [1.54, 1.807) is 17.0 Å². The maximum atomic E-state index is 13.2. The number of anilines is 1. The summed E-state index contributed by atoms with van der Waals surface area (Å²) in [5.41, 5.74) is 2.47. The Bertz CT molecular complexity index is 853. The summed E-state index contributed by atoms with van der Waals surface area (Å²) in [6, 6.07) is 11.8. The lowest BCUT2D eigenvalue weighted by atomic mass is 10.1. The van der Waals surface area contributed by atoms with Crippen LogP contribution in [-0.4, -0.2) is 24.5 Å². The molecule has 0 fully saturated rings. The Morgan fingerprint density at radius 3 is 2.81 bits per heavy atom. The smallest absolute Gasteiger partial charge is 0.227 e. The molecule has 2 amide bonds. The van der Waals surface area contributed by atoms with E-state index in [9.17, 15) is 14.0 Å². The van der Waals surface area contributed by atoms with Gasteiger partial charge in [-0.1, -0.05) is 18.2 Å². The molecule has 0 aliphatic carbocycles. The van der Waals surface area contributed by atoms with Crippen LogP contribution >= 0.6 is 0 Å². The SMILES string of the molecule is Cc1ccc2c(c1)N(C(=O)CCC(=O)NCc1cccc(F)c1)C[C@@H](C)O2. The Labute approximate surface area is 158 Å². The highest BCUT2D eigenvalue weighted by molar-refractivity contribution is 5.97. The van der Waals surface area contributed by atoms with Crippen LogP contribution in [0.15, 0.2) is 42.5 Å². The molecule has 2 aromatic carbocycles. The number of hydrogen-bond donors (Lipinski definition) is 1. The van der Waals surface area contributed by atoms with Gasteiger partial charge in [-0.05, 0) is 49.2 Å². The van der Waals surface area contributed by atoms with Crippen LogP contribution in [-0.2, 0) is 16.1 Å². The van der Waals surface area contributed by atoms with E-state index in [0.29, 0.717) is 17.9 Å². The second-order valence-electron chi connectivity index (χ2n) is 6.81. The van der Waals surface area contributed by atoms with Crippen LogP contribution in [0.5, 0.6) is 5.75 Å². The number of rotatable bonds is 5. The number of amides is 2. The van der Waals surface area contributed by atoms with E-state index >= 15 is 0 Å².